The quantitative estimate of drug-likeness (QED) is 0.899. The van der Waals surface area contributed by atoms with Crippen LogP contribution in [0.15, 0.2) is 42.5 Å². The van der Waals surface area contributed by atoms with E-state index in [1.165, 1.54) is 6.07 Å². The Labute approximate surface area is 138 Å². The molecule has 1 aliphatic rings. The van der Waals surface area contributed by atoms with Crippen LogP contribution in [0.2, 0.25) is 0 Å². The van der Waals surface area contributed by atoms with Gasteiger partial charge in [0.15, 0.2) is 0 Å². The van der Waals surface area contributed by atoms with Crippen LogP contribution in [-0.2, 0) is 17.8 Å². The van der Waals surface area contributed by atoms with Gasteiger partial charge in [-0.3, -0.25) is 9.69 Å². The van der Waals surface area contributed by atoms with Gasteiger partial charge in [-0.2, -0.15) is 0 Å². The topological polar surface area (TPSA) is 66.6 Å². The second kappa shape index (κ2) is 6.67. The van der Waals surface area contributed by atoms with Gasteiger partial charge in [0.2, 0.25) is 5.91 Å². The van der Waals surface area contributed by atoms with Crippen molar-refractivity contribution in [2.45, 2.75) is 25.1 Å². The molecule has 0 saturated heterocycles. The van der Waals surface area contributed by atoms with Crippen LogP contribution in [0, 0.1) is 11.6 Å². The number of rotatable bonds is 4. The largest absolute Gasteiger partial charge is 0.387 e. The Hall–Kier alpha value is -2.31. The maximum Gasteiger partial charge on any atom is 0.235 e. The molecule has 3 rings (SSSR count). The predicted molar refractivity (Wildman–Crippen MR) is 84.9 cm³/mol. The summed E-state index contributed by atoms with van der Waals surface area (Å²) in [6.45, 7) is 0.466. The third-order valence-corrected chi connectivity index (χ3v) is 4.40. The molecule has 0 aromatic heterocycles. The fourth-order valence-corrected chi connectivity index (χ4v) is 3.14. The first-order chi connectivity index (χ1) is 11.5. The molecule has 2 atom stereocenters. The molecular formula is C18H18F2N2O2. The second-order valence-corrected chi connectivity index (χ2v) is 6.00. The number of nitrogens with two attached hydrogens (primary N) is 1. The number of aliphatic hydroxyl groups is 1. The first-order valence-electron chi connectivity index (χ1n) is 7.69. The Bertz CT molecular complexity index is 766. The Balaban J connectivity index is 1.83. The molecule has 0 aliphatic carbocycles. The number of carbonyl (C=O) groups is 1. The van der Waals surface area contributed by atoms with E-state index < -0.39 is 29.7 Å². The minimum Gasteiger partial charge on any atom is -0.387 e. The van der Waals surface area contributed by atoms with E-state index in [9.17, 15) is 18.7 Å². The van der Waals surface area contributed by atoms with E-state index in [1.807, 2.05) is 24.3 Å². The molecule has 126 valence electrons. The van der Waals surface area contributed by atoms with Gasteiger partial charge in [-0.1, -0.05) is 30.3 Å². The molecule has 0 saturated carbocycles. The monoisotopic (exact) mass is 332 g/mol. The summed E-state index contributed by atoms with van der Waals surface area (Å²) >= 11 is 0. The lowest BCUT2D eigenvalue weighted by molar-refractivity contribution is -0.124. The molecule has 6 heteroatoms. The van der Waals surface area contributed by atoms with E-state index in [0.29, 0.717) is 13.0 Å². The van der Waals surface area contributed by atoms with Crippen LogP contribution in [0.4, 0.5) is 8.78 Å². The fraction of sp³-hybridized carbons (Fsp3) is 0.278. The number of benzene rings is 2. The molecule has 2 aromatic carbocycles. The molecule has 1 heterocycles. The van der Waals surface area contributed by atoms with E-state index in [4.69, 9.17) is 5.73 Å². The minimum atomic E-state index is -1.18. The summed E-state index contributed by atoms with van der Waals surface area (Å²) in [6, 6.07) is 10.2. The van der Waals surface area contributed by atoms with Crippen LogP contribution in [0.1, 0.15) is 22.8 Å². The Morgan fingerprint density at radius 3 is 2.62 bits per heavy atom. The SMILES string of the molecule is NC(=O)[C@@H]1Cc2ccccc2CN1CC(O)c1ccc(F)cc1F. The number of fused-ring (bicyclic) bond motifs is 1. The number of primary amides is 1. The van der Waals surface area contributed by atoms with Crippen LogP contribution in [-0.4, -0.2) is 28.5 Å². The molecule has 1 unspecified atom stereocenters. The summed E-state index contributed by atoms with van der Waals surface area (Å²) in [6.07, 6.45) is -0.734. The molecule has 0 bridgehead atoms. The molecule has 1 aliphatic heterocycles. The van der Waals surface area contributed by atoms with E-state index in [-0.39, 0.29) is 12.1 Å². The second-order valence-electron chi connectivity index (χ2n) is 6.00. The highest BCUT2D eigenvalue weighted by atomic mass is 19.1. The maximum atomic E-state index is 13.8. The lowest BCUT2D eigenvalue weighted by Crippen LogP contribution is -2.49. The number of carbonyl (C=O) groups excluding carboxylic acids is 1. The summed E-state index contributed by atoms with van der Waals surface area (Å²) in [5.74, 6) is -2.00. The minimum absolute atomic E-state index is 0.00141. The molecule has 24 heavy (non-hydrogen) atoms. The van der Waals surface area contributed by atoms with E-state index >= 15 is 0 Å². The number of hydrogen-bond acceptors (Lipinski definition) is 3. The third kappa shape index (κ3) is 3.29. The zero-order chi connectivity index (χ0) is 17.3. The zero-order valence-electron chi connectivity index (χ0n) is 13.0. The van der Waals surface area contributed by atoms with Gasteiger partial charge in [0, 0.05) is 24.7 Å². The van der Waals surface area contributed by atoms with E-state index in [0.717, 1.165) is 23.3 Å². The summed E-state index contributed by atoms with van der Waals surface area (Å²) in [7, 11) is 0. The van der Waals surface area contributed by atoms with Gasteiger partial charge in [0.25, 0.3) is 0 Å². The van der Waals surface area contributed by atoms with E-state index in [2.05, 4.69) is 0 Å². The highest BCUT2D eigenvalue weighted by molar-refractivity contribution is 5.80. The highest BCUT2D eigenvalue weighted by Gasteiger charge is 2.31. The molecule has 0 radical (unpaired) electrons. The number of amides is 1. The van der Waals surface area contributed by atoms with Crippen LogP contribution >= 0.6 is 0 Å². The number of β-amino-alcohol motifs (C(OH)–C–C–N with tert-alkyl or cyclic N) is 1. The van der Waals surface area contributed by atoms with Crippen molar-refractivity contribution in [3.63, 3.8) is 0 Å². The highest BCUT2D eigenvalue weighted by Crippen LogP contribution is 2.26. The van der Waals surface area contributed by atoms with Crippen molar-refractivity contribution >= 4 is 5.91 Å². The maximum absolute atomic E-state index is 13.8. The van der Waals surface area contributed by atoms with Crippen LogP contribution in [0.5, 0.6) is 0 Å². The van der Waals surface area contributed by atoms with Crippen molar-refractivity contribution in [3.8, 4) is 0 Å². The van der Waals surface area contributed by atoms with Gasteiger partial charge >= 0.3 is 0 Å². The number of nitrogens with zero attached hydrogens (tertiary/aromatic N) is 1. The normalized spacial score (nSPS) is 18.9. The fourth-order valence-electron chi connectivity index (χ4n) is 3.14. The summed E-state index contributed by atoms with van der Waals surface area (Å²) in [4.78, 5) is 13.5. The van der Waals surface area contributed by atoms with Crippen molar-refractivity contribution in [2.24, 2.45) is 5.73 Å². The number of halogens is 2. The van der Waals surface area contributed by atoms with Gasteiger partial charge in [0.1, 0.15) is 11.6 Å². The first kappa shape index (κ1) is 16.5. The lowest BCUT2D eigenvalue weighted by Gasteiger charge is -2.36. The third-order valence-electron chi connectivity index (χ3n) is 4.40. The number of aliphatic hydroxyl groups excluding tert-OH is 1. The van der Waals surface area contributed by atoms with Crippen molar-refractivity contribution in [3.05, 3.63) is 70.8 Å². The van der Waals surface area contributed by atoms with Gasteiger partial charge < -0.3 is 10.8 Å². The van der Waals surface area contributed by atoms with Gasteiger partial charge in [-0.25, -0.2) is 8.78 Å². The summed E-state index contributed by atoms with van der Waals surface area (Å²) in [5.41, 5.74) is 7.58. The zero-order valence-corrected chi connectivity index (χ0v) is 13.0. The Morgan fingerprint density at radius 1 is 1.25 bits per heavy atom. The van der Waals surface area contributed by atoms with Gasteiger partial charge in [-0.15, -0.1) is 0 Å². The molecule has 0 spiro atoms. The van der Waals surface area contributed by atoms with Gasteiger partial charge in [0.05, 0.1) is 12.1 Å². The summed E-state index contributed by atoms with van der Waals surface area (Å²) in [5, 5.41) is 10.3. The van der Waals surface area contributed by atoms with Crippen LogP contribution in [0.25, 0.3) is 0 Å². The van der Waals surface area contributed by atoms with Crippen molar-refractivity contribution in [1.82, 2.24) is 4.90 Å². The molecule has 4 nitrogen and oxygen atoms in total. The van der Waals surface area contributed by atoms with E-state index in [1.54, 1.807) is 4.90 Å². The van der Waals surface area contributed by atoms with Gasteiger partial charge in [-0.05, 0) is 23.6 Å². The average Bonchev–Trinajstić information content (AvgIpc) is 2.53. The first-order valence-corrected chi connectivity index (χ1v) is 7.69. The van der Waals surface area contributed by atoms with Crippen LogP contribution < -0.4 is 5.73 Å². The van der Waals surface area contributed by atoms with Crippen molar-refractivity contribution in [2.75, 3.05) is 6.54 Å². The Morgan fingerprint density at radius 2 is 1.96 bits per heavy atom. The molecule has 3 N–H and O–H groups in total. The molecule has 1 amide bonds. The smallest absolute Gasteiger partial charge is 0.235 e. The molecular weight excluding hydrogens is 314 g/mol. The molecule has 0 fully saturated rings. The average molecular weight is 332 g/mol. The predicted octanol–water partition coefficient (Wildman–Crippen LogP) is 1.91. The van der Waals surface area contributed by atoms with Crippen molar-refractivity contribution < 1.29 is 18.7 Å². The molecule has 2 aromatic rings. The Kier molecular flexibility index (Phi) is 4.59. The lowest BCUT2D eigenvalue weighted by atomic mass is 9.93. The standard InChI is InChI=1S/C18H18F2N2O2/c19-13-5-6-14(15(20)8-13)17(23)10-22-9-12-4-2-1-3-11(12)7-16(22)18(21)24/h1-6,8,16-17,23H,7,9-10H2,(H2,21,24)/t16-,17?/m0/s1. The number of hydrogen-bond donors (Lipinski definition) is 2. The summed E-state index contributed by atoms with van der Waals surface area (Å²) < 4.78 is 26.8. The van der Waals surface area contributed by atoms with Crippen molar-refractivity contribution in [1.29, 1.82) is 0 Å². The van der Waals surface area contributed by atoms with Crippen LogP contribution in [0.3, 0.4) is 0 Å².